The van der Waals surface area contributed by atoms with Gasteiger partial charge in [-0.15, -0.1) is 0 Å². The third-order valence-electron chi connectivity index (χ3n) is 3.91. The van der Waals surface area contributed by atoms with Crippen molar-refractivity contribution in [1.29, 1.82) is 0 Å². The third-order valence-corrected chi connectivity index (χ3v) is 3.91. The van der Waals surface area contributed by atoms with Crippen LogP contribution in [0.25, 0.3) is 0 Å². The Morgan fingerprint density at radius 1 is 1.36 bits per heavy atom. The summed E-state index contributed by atoms with van der Waals surface area (Å²) >= 11 is 0. The minimum atomic E-state index is -0.551. The van der Waals surface area contributed by atoms with Gasteiger partial charge in [0.25, 0.3) is 5.91 Å². The Morgan fingerprint density at radius 2 is 2.05 bits per heavy atom. The number of aromatic amines is 1. The molecule has 122 valence electrons. The van der Waals surface area contributed by atoms with Gasteiger partial charge in [-0.25, -0.2) is 4.79 Å². The third kappa shape index (κ3) is 4.32. The highest BCUT2D eigenvalue weighted by atomic mass is 16.5. The standard InChI is InChI=1S/C16H25N3O3/c1-4-5-13-7-14(18-17-13)16(21)22-10-15(20)19-8-11(2)6-12(3)9-19/h7,11-12H,4-6,8-10H2,1-3H3,(H,17,18). The predicted molar refractivity (Wildman–Crippen MR) is 82.4 cm³/mol. The molecular formula is C16H25N3O3. The second kappa shape index (κ2) is 7.42. The number of aromatic nitrogens is 2. The van der Waals surface area contributed by atoms with Crippen LogP contribution in [0.1, 0.15) is 49.8 Å². The minimum Gasteiger partial charge on any atom is -0.451 e. The quantitative estimate of drug-likeness (QED) is 0.845. The number of aryl methyl sites for hydroxylation is 1. The Bertz CT molecular complexity index is 516. The van der Waals surface area contributed by atoms with Crippen LogP contribution >= 0.6 is 0 Å². The van der Waals surface area contributed by atoms with E-state index in [4.69, 9.17) is 4.74 Å². The first-order valence-electron chi connectivity index (χ1n) is 7.98. The van der Waals surface area contributed by atoms with Crippen molar-refractivity contribution in [3.63, 3.8) is 0 Å². The molecule has 6 nitrogen and oxygen atoms in total. The average molecular weight is 307 g/mol. The molecule has 1 aromatic rings. The highest BCUT2D eigenvalue weighted by molar-refractivity contribution is 5.89. The summed E-state index contributed by atoms with van der Waals surface area (Å²) in [4.78, 5) is 25.8. The maximum Gasteiger partial charge on any atom is 0.359 e. The van der Waals surface area contributed by atoms with Gasteiger partial charge in [-0.2, -0.15) is 5.10 Å². The van der Waals surface area contributed by atoms with E-state index in [1.54, 1.807) is 11.0 Å². The van der Waals surface area contributed by atoms with Crippen LogP contribution in [0, 0.1) is 11.8 Å². The molecule has 2 heterocycles. The fourth-order valence-corrected chi connectivity index (χ4v) is 3.02. The van der Waals surface area contributed by atoms with Gasteiger partial charge in [0.1, 0.15) is 0 Å². The van der Waals surface area contributed by atoms with E-state index < -0.39 is 5.97 Å². The van der Waals surface area contributed by atoms with E-state index in [0.717, 1.165) is 38.0 Å². The summed E-state index contributed by atoms with van der Waals surface area (Å²) in [5.41, 5.74) is 1.14. The number of likely N-dealkylation sites (tertiary alicyclic amines) is 1. The Morgan fingerprint density at radius 3 is 2.68 bits per heavy atom. The zero-order valence-corrected chi connectivity index (χ0v) is 13.6. The maximum absolute atomic E-state index is 12.2. The van der Waals surface area contributed by atoms with E-state index in [1.165, 1.54) is 0 Å². The number of carbonyl (C=O) groups is 2. The second-order valence-electron chi connectivity index (χ2n) is 6.35. The average Bonchev–Trinajstić information content (AvgIpc) is 2.92. The van der Waals surface area contributed by atoms with Crippen molar-refractivity contribution in [1.82, 2.24) is 15.1 Å². The summed E-state index contributed by atoms with van der Waals surface area (Å²) in [6.07, 6.45) is 2.94. The lowest BCUT2D eigenvalue weighted by Gasteiger charge is -2.34. The molecule has 0 spiro atoms. The molecule has 0 aliphatic carbocycles. The van der Waals surface area contributed by atoms with E-state index in [-0.39, 0.29) is 18.2 Å². The number of hydrogen-bond donors (Lipinski definition) is 1. The smallest absolute Gasteiger partial charge is 0.359 e. The molecule has 1 fully saturated rings. The Labute approximate surface area is 131 Å². The van der Waals surface area contributed by atoms with E-state index >= 15 is 0 Å². The predicted octanol–water partition coefficient (Wildman–Crippen LogP) is 2.02. The number of amides is 1. The number of nitrogens with one attached hydrogen (secondary N) is 1. The largest absolute Gasteiger partial charge is 0.451 e. The highest BCUT2D eigenvalue weighted by Gasteiger charge is 2.26. The topological polar surface area (TPSA) is 75.3 Å². The minimum absolute atomic E-state index is 0.129. The number of piperidine rings is 1. The molecule has 1 aromatic heterocycles. The molecule has 0 radical (unpaired) electrons. The van der Waals surface area contributed by atoms with Gasteiger partial charge in [0, 0.05) is 18.8 Å². The number of nitrogens with zero attached hydrogens (tertiary/aromatic N) is 2. The molecule has 0 saturated carbocycles. The number of rotatable bonds is 5. The Balaban J connectivity index is 1.83. The van der Waals surface area contributed by atoms with Crippen molar-refractivity contribution in [3.05, 3.63) is 17.5 Å². The van der Waals surface area contributed by atoms with Gasteiger partial charge in [0.2, 0.25) is 0 Å². The Hall–Kier alpha value is -1.85. The summed E-state index contributed by atoms with van der Waals surface area (Å²) in [5.74, 6) is 0.304. The number of carbonyl (C=O) groups excluding carboxylic acids is 2. The van der Waals surface area contributed by atoms with E-state index in [1.807, 2.05) is 0 Å². The lowest BCUT2D eigenvalue weighted by Crippen LogP contribution is -2.44. The van der Waals surface area contributed by atoms with Gasteiger partial charge in [0.15, 0.2) is 12.3 Å². The van der Waals surface area contributed by atoms with Crippen LogP contribution in [0.5, 0.6) is 0 Å². The SMILES string of the molecule is CCCc1cc(C(=O)OCC(=O)N2CC(C)CC(C)C2)n[nH]1. The zero-order valence-electron chi connectivity index (χ0n) is 13.6. The highest BCUT2D eigenvalue weighted by Crippen LogP contribution is 2.20. The van der Waals surface area contributed by atoms with Gasteiger partial charge < -0.3 is 9.64 Å². The molecule has 0 bridgehead atoms. The fourth-order valence-electron chi connectivity index (χ4n) is 3.02. The molecule has 1 amide bonds. The monoisotopic (exact) mass is 307 g/mol. The molecular weight excluding hydrogens is 282 g/mol. The summed E-state index contributed by atoms with van der Waals surface area (Å²) in [5, 5.41) is 6.73. The van der Waals surface area contributed by atoms with Crippen LogP contribution in [0.4, 0.5) is 0 Å². The summed E-state index contributed by atoms with van der Waals surface area (Å²) in [6.45, 7) is 7.60. The van der Waals surface area contributed by atoms with E-state index in [9.17, 15) is 9.59 Å². The summed E-state index contributed by atoms with van der Waals surface area (Å²) < 4.78 is 5.09. The summed E-state index contributed by atoms with van der Waals surface area (Å²) in [6, 6.07) is 1.68. The lowest BCUT2D eigenvalue weighted by molar-refractivity contribution is -0.137. The molecule has 0 aromatic carbocycles. The van der Waals surface area contributed by atoms with Crippen LogP contribution < -0.4 is 0 Å². The van der Waals surface area contributed by atoms with Crippen molar-refractivity contribution < 1.29 is 14.3 Å². The zero-order chi connectivity index (χ0) is 16.1. The first-order chi connectivity index (χ1) is 10.5. The van der Waals surface area contributed by atoms with Crippen molar-refractivity contribution in [2.45, 2.75) is 40.0 Å². The van der Waals surface area contributed by atoms with Crippen LogP contribution in [-0.2, 0) is 16.0 Å². The van der Waals surface area contributed by atoms with Gasteiger partial charge >= 0.3 is 5.97 Å². The van der Waals surface area contributed by atoms with Crippen molar-refractivity contribution in [2.24, 2.45) is 11.8 Å². The molecule has 2 atom stereocenters. The summed E-state index contributed by atoms with van der Waals surface area (Å²) in [7, 11) is 0. The Kier molecular flexibility index (Phi) is 5.57. The van der Waals surface area contributed by atoms with Gasteiger partial charge in [-0.3, -0.25) is 9.89 Å². The molecule has 22 heavy (non-hydrogen) atoms. The molecule has 1 aliphatic heterocycles. The van der Waals surface area contributed by atoms with Crippen molar-refractivity contribution in [3.8, 4) is 0 Å². The fraction of sp³-hybridized carbons (Fsp3) is 0.688. The van der Waals surface area contributed by atoms with Gasteiger partial charge in [0.05, 0.1) is 0 Å². The number of ether oxygens (including phenoxy) is 1. The van der Waals surface area contributed by atoms with Crippen LogP contribution in [0.3, 0.4) is 0 Å². The van der Waals surface area contributed by atoms with Gasteiger partial charge in [-0.1, -0.05) is 27.2 Å². The normalized spacial score (nSPS) is 21.7. The molecule has 6 heteroatoms. The first kappa shape index (κ1) is 16.5. The second-order valence-corrected chi connectivity index (χ2v) is 6.35. The maximum atomic E-state index is 12.2. The molecule has 1 saturated heterocycles. The number of hydrogen-bond acceptors (Lipinski definition) is 4. The number of esters is 1. The van der Waals surface area contributed by atoms with E-state index in [0.29, 0.717) is 11.8 Å². The molecule has 2 unspecified atom stereocenters. The van der Waals surface area contributed by atoms with Crippen molar-refractivity contribution >= 4 is 11.9 Å². The molecule has 1 aliphatic rings. The first-order valence-corrected chi connectivity index (χ1v) is 7.98. The van der Waals surface area contributed by atoms with Crippen LogP contribution in [0.2, 0.25) is 0 Å². The number of H-pyrrole nitrogens is 1. The lowest BCUT2D eigenvalue weighted by atomic mass is 9.92. The van der Waals surface area contributed by atoms with Crippen LogP contribution in [0.15, 0.2) is 6.07 Å². The van der Waals surface area contributed by atoms with E-state index in [2.05, 4.69) is 31.0 Å². The molecule has 2 rings (SSSR count). The van der Waals surface area contributed by atoms with Crippen LogP contribution in [-0.4, -0.2) is 46.7 Å². The van der Waals surface area contributed by atoms with Crippen molar-refractivity contribution in [2.75, 3.05) is 19.7 Å². The molecule has 1 N–H and O–H groups in total. The van der Waals surface area contributed by atoms with Gasteiger partial charge in [-0.05, 0) is 30.7 Å².